The van der Waals surface area contributed by atoms with Crippen LogP contribution in [0.2, 0.25) is 0 Å². The van der Waals surface area contributed by atoms with Crippen molar-refractivity contribution in [2.45, 2.75) is 31.9 Å². The molecule has 6 nitrogen and oxygen atoms in total. The van der Waals surface area contributed by atoms with E-state index in [1.165, 1.54) is 30.6 Å². The lowest BCUT2D eigenvalue weighted by Gasteiger charge is -2.33. The van der Waals surface area contributed by atoms with Gasteiger partial charge in [0, 0.05) is 17.5 Å². The molecule has 1 fully saturated rings. The van der Waals surface area contributed by atoms with E-state index in [0.29, 0.717) is 24.5 Å². The molecule has 7 heteroatoms. The number of aromatic nitrogens is 1. The summed E-state index contributed by atoms with van der Waals surface area (Å²) in [6.07, 6.45) is 5.33. The molecule has 4 rings (SSSR count). The second-order valence-corrected chi connectivity index (χ2v) is 7.85. The highest BCUT2D eigenvalue weighted by atomic mass is 32.1. The van der Waals surface area contributed by atoms with E-state index in [2.05, 4.69) is 15.2 Å². The van der Waals surface area contributed by atoms with Crippen molar-refractivity contribution in [1.29, 1.82) is 0 Å². The van der Waals surface area contributed by atoms with Gasteiger partial charge in [0.2, 0.25) is 0 Å². The lowest BCUT2D eigenvalue weighted by atomic mass is 10.1. The molecular weight excluding hydrogens is 386 g/mol. The third-order valence-corrected chi connectivity index (χ3v) is 5.76. The summed E-state index contributed by atoms with van der Waals surface area (Å²) < 4.78 is 11.4. The maximum absolute atomic E-state index is 12.8. The topological polar surface area (TPSA) is 67.6 Å². The van der Waals surface area contributed by atoms with Crippen molar-refractivity contribution in [1.82, 2.24) is 15.2 Å². The summed E-state index contributed by atoms with van der Waals surface area (Å²) in [6, 6.07) is 11.2. The number of amides is 1. The van der Waals surface area contributed by atoms with E-state index >= 15 is 0 Å². The van der Waals surface area contributed by atoms with Crippen LogP contribution < -0.4 is 10.1 Å². The second kappa shape index (κ2) is 9.71. The van der Waals surface area contributed by atoms with Gasteiger partial charge in [0.15, 0.2) is 0 Å². The second-order valence-electron chi connectivity index (χ2n) is 7.13. The van der Waals surface area contributed by atoms with Gasteiger partial charge in [-0.15, -0.1) is 11.3 Å². The number of rotatable bonds is 8. The Balaban J connectivity index is 1.38. The Morgan fingerprint density at radius 2 is 2.14 bits per heavy atom. The number of carbonyl (C=O) groups excluding carboxylic acids is 1. The molecule has 2 aromatic heterocycles. The Kier molecular flexibility index (Phi) is 6.59. The third kappa shape index (κ3) is 5.25. The Morgan fingerprint density at radius 3 is 2.90 bits per heavy atom. The number of furan rings is 1. The Bertz CT molecular complexity index is 890. The van der Waals surface area contributed by atoms with Crippen LogP contribution in [0.5, 0.6) is 5.75 Å². The molecule has 3 heterocycles. The number of ether oxygens (including phenoxy) is 1. The fourth-order valence-corrected chi connectivity index (χ4v) is 4.15. The number of hydrogen-bond donors (Lipinski definition) is 1. The summed E-state index contributed by atoms with van der Waals surface area (Å²) in [5.74, 6) is 1.44. The van der Waals surface area contributed by atoms with Crippen LogP contribution in [0.1, 0.15) is 47.1 Å². The van der Waals surface area contributed by atoms with Crippen LogP contribution in [0.25, 0.3) is 0 Å². The molecule has 0 spiro atoms. The highest BCUT2D eigenvalue weighted by Gasteiger charge is 2.25. The van der Waals surface area contributed by atoms with Gasteiger partial charge in [-0.3, -0.25) is 9.69 Å². The van der Waals surface area contributed by atoms with Crippen LogP contribution in [-0.4, -0.2) is 35.4 Å². The highest BCUT2D eigenvalue weighted by molar-refractivity contribution is 7.07. The maximum Gasteiger partial charge on any atom is 0.251 e. The molecular formula is C22H25N3O3S. The van der Waals surface area contributed by atoms with Crippen LogP contribution >= 0.6 is 11.3 Å². The molecule has 1 amide bonds. The van der Waals surface area contributed by atoms with Gasteiger partial charge in [-0.1, -0.05) is 12.5 Å². The fourth-order valence-electron chi connectivity index (χ4n) is 3.61. The molecule has 152 valence electrons. The van der Waals surface area contributed by atoms with Crippen LogP contribution in [-0.2, 0) is 6.61 Å². The molecule has 1 atom stereocenters. The van der Waals surface area contributed by atoms with Gasteiger partial charge >= 0.3 is 0 Å². The number of likely N-dealkylation sites (tertiary alicyclic amines) is 1. The predicted octanol–water partition coefficient (Wildman–Crippen LogP) is 4.27. The molecule has 0 bridgehead atoms. The average Bonchev–Trinajstić information content (AvgIpc) is 3.48. The van der Waals surface area contributed by atoms with Crippen LogP contribution in [0, 0.1) is 0 Å². The van der Waals surface area contributed by atoms with E-state index in [-0.39, 0.29) is 11.9 Å². The average molecular weight is 412 g/mol. The van der Waals surface area contributed by atoms with Gasteiger partial charge in [0.25, 0.3) is 5.91 Å². The van der Waals surface area contributed by atoms with E-state index in [0.717, 1.165) is 24.5 Å². The molecule has 3 aromatic rings. The fraction of sp³-hybridized carbons (Fsp3) is 0.364. The minimum atomic E-state index is -0.113. The summed E-state index contributed by atoms with van der Waals surface area (Å²) in [4.78, 5) is 19.4. The molecule has 1 saturated heterocycles. The summed E-state index contributed by atoms with van der Waals surface area (Å²) >= 11 is 1.54. The summed E-state index contributed by atoms with van der Waals surface area (Å²) in [5, 5.41) is 5.02. The van der Waals surface area contributed by atoms with Crippen molar-refractivity contribution in [3.63, 3.8) is 0 Å². The van der Waals surface area contributed by atoms with E-state index in [1.807, 2.05) is 29.6 Å². The minimum Gasteiger partial charge on any atom is -0.487 e. The normalized spacial score (nSPS) is 15.7. The van der Waals surface area contributed by atoms with Crippen LogP contribution in [0.15, 0.2) is 58.0 Å². The molecule has 0 saturated carbocycles. The summed E-state index contributed by atoms with van der Waals surface area (Å²) in [7, 11) is 0. The van der Waals surface area contributed by atoms with E-state index in [4.69, 9.17) is 9.15 Å². The largest absolute Gasteiger partial charge is 0.487 e. The SMILES string of the molecule is O=C(NCC(c1ccco1)N1CCCCC1)c1cccc(OCc2cscn2)c1. The van der Waals surface area contributed by atoms with Crippen molar-refractivity contribution in [3.05, 3.63) is 70.6 Å². The van der Waals surface area contributed by atoms with Gasteiger partial charge < -0.3 is 14.5 Å². The third-order valence-electron chi connectivity index (χ3n) is 5.13. The smallest absolute Gasteiger partial charge is 0.251 e. The summed E-state index contributed by atoms with van der Waals surface area (Å²) in [6.45, 7) is 2.96. The molecule has 29 heavy (non-hydrogen) atoms. The first kappa shape index (κ1) is 19.7. The highest BCUT2D eigenvalue weighted by Crippen LogP contribution is 2.24. The van der Waals surface area contributed by atoms with Gasteiger partial charge in [-0.25, -0.2) is 4.98 Å². The number of benzene rings is 1. The molecule has 1 aromatic carbocycles. The lowest BCUT2D eigenvalue weighted by Crippen LogP contribution is -2.40. The van der Waals surface area contributed by atoms with Crippen molar-refractivity contribution in [2.75, 3.05) is 19.6 Å². The number of piperidine rings is 1. The number of nitrogens with one attached hydrogen (secondary N) is 1. The molecule has 0 radical (unpaired) electrons. The number of nitrogens with zero attached hydrogens (tertiary/aromatic N) is 2. The van der Waals surface area contributed by atoms with Crippen molar-refractivity contribution >= 4 is 17.2 Å². The first-order valence-corrected chi connectivity index (χ1v) is 10.9. The van der Waals surface area contributed by atoms with Gasteiger partial charge in [0.1, 0.15) is 18.1 Å². The number of carbonyl (C=O) groups is 1. The summed E-state index contributed by atoms with van der Waals surface area (Å²) in [5.41, 5.74) is 3.24. The standard InChI is InChI=1S/C22H25N3O3S/c26-22(17-6-4-7-19(12-17)28-14-18-15-29-16-24-18)23-13-20(21-8-5-11-27-21)25-9-2-1-3-10-25/h4-8,11-12,15-16,20H,1-3,9-10,13-14H2,(H,23,26). The quantitative estimate of drug-likeness (QED) is 0.599. The zero-order valence-electron chi connectivity index (χ0n) is 16.3. The molecule has 1 N–H and O–H groups in total. The van der Waals surface area contributed by atoms with Crippen molar-refractivity contribution in [2.24, 2.45) is 0 Å². The van der Waals surface area contributed by atoms with Gasteiger partial charge in [0.05, 0.1) is 23.5 Å². The molecule has 1 aliphatic heterocycles. The van der Waals surface area contributed by atoms with Gasteiger partial charge in [-0.2, -0.15) is 0 Å². The van der Waals surface area contributed by atoms with E-state index in [1.54, 1.807) is 23.9 Å². The van der Waals surface area contributed by atoms with Crippen LogP contribution in [0.3, 0.4) is 0 Å². The maximum atomic E-state index is 12.8. The Hall–Kier alpha value is -2.64. The Morgan fingerprint density at radius 1 is 1.24 bits per heavy atom. The van der Waals surface area contributed by atoms with Crippen molar-refractivity contribution < 1.29 is 13.9 Å². The first-order valence-electron chi connectivity index (χ1n) is 9.95. The number of thiazole rings is 1. The zero-order valence-corrected chi connectivity index (χ0v) is 17.1. The van der Waals surface area contributed by atoms with Crippen molar-refractivity contribution in [3.8, 4) is 5.75 Å². The van der Waals surface area contributed by atoms with E-state index < -0.39 is 0 Å². The van der Waals surface area contributed by atoms with Crippen LogP contribution in [0.4, 0.5) is 0 Å². The van der Waals surface area contributed by atoms with Gasteiger partial charge in [-0.05, 0) is 56.3 Å². The monoisotopic (exact) mass is 411 g/mol. The molecule has 1 unspecified atom stereocenters. The Labute approximate surface area is 174 Å². The lowest BCUT2D eigenvalue weighted by molar-refractivity contribution is 0.0913. The zero-order chi connectivity index (χ0) is 19.9. The predicted molar refractivity (Wildman–Crippen MR) is 112 cm³/mol. The minimum absolute atomic E-state index is 0.0540. The molecule has 0 aliphatic carbocycles. The first-order chi connectivity index (χ1) is 14.3. The number of hydrogen-bond acceptors (Lipinski definition) is 6. The molecule has 1 aliphatic rings. The van der Waals surface area contributed by atoms with E-state index in [9.17, 15) is 4.79 Å².